The van der Waals surface area contributed by atoms with Crippen LogP contribution in [0.25, 0.3) is 0 Å². The number of carbonyl (C=O) groups excluding carboxylic acids is 1. The highest BCUT2D eigenvalue weighted by molar-refractivity contribution is 7.09. The molecule has 10 heteroatoms. The summed E-state index contributed by atoms with van der Waals surface area (Å²) in [5.41, 5.74) is -1.82. The van der Waals surface area contributed by atoms with Crippen LogP contribution in [-0.2, 0) is 22.9 Å². The molecule has 34 heavy (non-hydrogen) atoms. The van der Waals surface area contributed by atoms with Gasteiger partial charge in [-0.05, 0) is 55.7 Å². The molecule has 0 saturated heterocycles. The Morgan fingerprint density at radius 1 is 1.18 bits per heavy atom. The number of pyridine rings is 1. The van der Waals surface area contributed by atoms with Crippen LogP contribution in [0.5, 0.6) is 0 Å². The summed E-state index contributed by atoms with van der Waals surface area (Å²) in [4.78, 5) is 22.2. The topological polar surface area (TPSA) is 54.9 Å². The molecule has 1 N–H and O–H groups in total. The first-order valence-corrected chi connectivity index (χ1v) is 12.1. The minimum Gasteiger partial charge on any atom is -0.340 e. The molecule has 0 aliphatic heterocycles. The molecule has 1 saturated carbocycles. The number of hydrogen-bond donors (Lipinski definition) is 1. The molecule has 0 unspecified atom stereocenters. The van der Waals surface area contributed by atoms with Crippen LogP contribution in [0.2, 0.25) is 5.02 Å². The molecule has 4 nitrogen and oxygen atoms in total. The molecule has 1 aromatic carbocycles. The summed E-state index contributed by atoms with van der Waals surface area (Å²) in [5, 5.41) is 5.67. The van der Waals surface area contributed by atoms with Crippen molar-refractivity contribution in [2.24, 2.45) is 5.92 Å². The van der Waals surface area contributed by atoms with E-state index in [1.54, 1.807) is 12.3 Å². The maximum absolute atomic E-state index is 14.6. The summed E-state index contributed by atoms with van der Waals surface area (Å²) in [6.45, 7) is 1.79. The van der Waals surface area contributed by atoms with E-state index in [1.165, 1.54) is 29.7 Å². The highest BCUT2D eigenvalue weighted by atomic mass is 35.5. The highest BCUT2D eigenvalue weighted by Crippen LogP contribution is 2.39. The Morgan fingerprint density at radius 2 is 1.88 bits per heavy atom. The SMILES string of the molecule is Cc1csc(C[C@](NC(=O)C2CCCC2)(c2cc(F)cc(C(F)(F)F)c2)c2ccc(Cl)cn2)n1. The molecule has 1 atom stereocenters. The normalized spacial score (nSPS) is 16.4. The van der Waals surface area contributed by atoms with Crippen molar-refractivity contribution in [2.75, 3.05) is 0 Å². The van der Waals surface area contributed by atoms with Gasteiger partial charge in [0.05, 0.1) is 21.3 Å². The van der Waals surface area contributed by atoms with Crippen molar-refractivity contribution in [3.05, 3.63) is 80.3 Å². The van der Waals surface area contributed by atoms with Gasteiger partial charge < -0.3 is 5.32 Å². The Kier molecular flexibility index (Phi) is 6.96. The number of alkyl halides is 3. The van der Waals surface area contributed by atoms with Crippen molar-refractivity contribution in [1.82, 2.24) is 15.3 Å². The molecule has 2 heterocycles. The van der Waals surface area contributed by atoms with Crippen LogP contribution in [0, 0.1) is 18.7 Å². The van der Waals surface area contributed by atoms with E-state index in [0.717, 1.165) is 30.7 Å². The molecule has 1 aliphatic rings. The first-order chi connectivity index (χ1) is 16.1. The number of carbonyl (C=O) groups is 1. The number of amides is 1. The fourth-order valence-electron chi connectivity index (χ4n) is 4.36. The number of hydrogen-bond acceptors (Lipinski definition) is 4. The van der Waals surface area contributed by atoms with Gasteiger partial charge in [-0.3, -0.25) is 9.78 Å². The van der Waals surface area contributed by atoms with E-state index in [4.69, 9.17) is 11.6 Å². The third-order valence-corrected chi connectivity index (χ3v) is 7.22. The number of aryl methyl sites for hydroxylation is 1. The Bertz CT molecular complexity index is 1180. The first kappa shape index (κ1) is 24.6. The van der Waals surface area contributed by atoms with Crippen LogP contribution in [0.1, 0.15) is 53.2 Å². The van der Waals surface area contributed by atoms with Gasteiger partial charge in [-0.1, -0.05) is 24.4 Å². The summed E-state index contributed by atoms with van der Waals surface area (Å²) < 4.78 is 55.5. The summed E-state index contributed by atoms with van der Waals surface area (Å²) >= 11 is 7.33. The van der Waals surface area contributed by atoms with E-state index in [9.17, 15) is 22.4 Å². The molecule has 180 valence electrons. The monoisotopic (exact) mass is 511 g/mol. The number of benzene rings is 1. The molecule has 4 rings (SSSR count). The largest absolute Gasteiger partial charge is 0.416 e. The quantitative estimate of drug-likeness (QED) is 0.387. The molecule has 2 aromatic heterocycles. The predicted octanol–water partition coefficient (Wildman–Crippen LogP) is 6.45. The summed E-state index contributed by atoms with van der Waals surface area (Å²) in [7, 11) is 0. The van der Waals surface area contributed by atoms with Crippen LogP contribution in [0.15, 0.2) is 41.9 Å². The predicted molar refractivity (Wildman–Crippen MR) is 122 cm³/mol. The molecule has 1 fully saturated rings. The van der Waals surface area contributed by atoms with E-state index in [0.29, 0.717) is 28.9 Å². The van der Waals surface area contributed by atoms with Crippen molar-refractivity contribution in [2.45, 2.75) is 50.7 Å². The van der Waals surface area contributed by atoms with Crippen molar-refractivity contribution >= 4 is 28.8 Å². The molecular weight excluding hydrogens is 490 g/mol. The Balaban J connectivity index is 1.94. The minimum atomic E-state index is -4.77. The standard InChI is InChI=1S/C24H22ClF4N3OS/c1-14-13-34-21(31-14)11-23(20-7-6-18(25)12-30-20,32-22(33)15-4-2-3-5-15)16-8-17(24(27,28)29)10-19(26)9-16/h6-10,12-13,15H,2-5,11H2,1H3,(H,32,33)/t23-/m0/s1. The molecule has 3 aromatic rings. The molecule has 1 aliphatic carbocycles. The maximum atomic E-state index is 14.6. The van der Waals surface area contributed by atoms with Gasteiger partial charge in [0.1, 0.15) is 11.4 Å². The van der Waals surface area contributed by atoms with Gasteiger partial charge >= 0.3 is 6.18 Å². The number of thiazole rings is 1. The van der Waals surface area contributed by atoms with Crippen LogP contribution in [-0.4, -0.2) is 15.9 Å². The second kappa shape index (κ2) is 9.62. The van der Waals surface area contributed by atoms with Gasteiger partial charge in [0, 0.05) is 29.6 Å². The lowest BCUT2D eigenvalue weighted by molar-refractivity contribution is -0.137. The third-order valence-electron chi connectivity index (χ3n) is 6.03. The number of rotatable bonds is 6. The van der Waals surface area contributed by atoms with Gasteiger partial charge in [0.2, 0.25) is 5.91 Å². The lowest BCUT2D eigenvalue weighted by atomic mass is 9.81. The van der Waals surface area contributed by atoms with Gasteiger partial charge in [-0.25, -0.2) is 9.37 Å². The molecule has 1 amide bonds. The molecule has 0 bridgehead atoms. The number of nitrogens with one attached hydrogen (secondary N) is 1. The van der Waals surface area contributed by atoms with Crippen molar-refractivity contribution in [3.8, 4) is 0 Å². The van der Waals surface area contributed by atoms with Crippen molar-refractivity contribution in [1.29, 1.82) is 0 Å². The lowest BCUT2D eigenvalue weighted by Gasteiger charge is -2.36. The zero-order valence-corrected chi connectivity index (χ0v) is 19.8. The second-order valence-electron chi connectivity index (χ2n) is 8.52. The van der Waals surface area contributed by atoms with E-state index in [2.05, 4.69) is 15.3 Å². The fraction of sp³-hybridized carbons (Fsp3) is 0.375. The van der Waals surface area contributed by atoms with Crippen LogP contribution >= 0.6 is 22.9 Å². The van der Waals surface area contributed by atoms with Crippen molar-refractivity contribution < 1.29 is 22.4 Å². The van der Waals surface area contributed by atoms with Crippen molar-refractivity contribution in [3.63, 3.8) is 0 Å². The van der Waals surface area contributed by atoms with E-state index < -0.39 is 23.1 Å². The van der Waals surface area contributed by atoms with Gasteiger partial charge in [0.25, 0.3) is 0 Å². The summed E-state index contributed by atoms with van der Waals surface area (Å²) in [6, 6.07) is 5.40. The first-order valence-electron chi connectivity index (χ1n) is 10.8. The third kappa shape index (κ3) is 5.25. The average molecular weight is 512 g/mol. The zero-order valence-electron chi connectivity index (χ0n) is 18.3. The number of aromatic nitrogens is 2. The van der Waals surface area contributed by atoms with Gasteiger partial charge in [0.15, 0.2) is 0 Å². The fourth-order valence-corrected chi connectivity index (χ4v) is 5.33. The average Bonchev–Trinajstić information content (AvgIpc) is 3.45. The Morgan fingerprint density at radius 3 is 2.47 bits per heavy atom. The van der Waals surface area contributed by atoms with E-state index in [1.807, 2.05) is 0 Å². The Labute approximate surface area is 203 Å². The van der Waals surface area contributed by atoms with Crippen LogP contribution < -0.4 is 5.32 Å². The van der Waals surface area contributed by atoms with Gasteiger partial charge in [-0.2, -0.15) is 13.2 Å². The van der Waals surface area contributed by atoms with E-state index in [-0.39, 0.29) is 29.5 Å². The summed E-state index contributed by atoms with van der Waals surface area (Å²) in [5.74, 6) is -1.64. The highest BCUT2D eigenvalue weighted by Gasteiger charge is 2.42. The number of nitrogens with zero attached hydrogens (tertiary/aromatic N) is 2. The smallest absolute Gasteiger partial charge is 0.340 e. The number of halogens is 5. The van der Waals surface area contributed by atoms with Crippen LogP contribution in [0.4, 0.5) is 17.6 Å². The minimum absolute atomic E-state index is 0.000645. The molecular formula is C24H22ClF4N3OS. The Hall–Kier alpha value is -2.52. The second-order valence-corrected chi connectivity index (χ2v) is 9.90. The summed E-state index contributed by atoms with van der Waals surface area (Å²) in [6.07, 6.45) is -0.262. The lowest BCUT2D eigenvalue weighted by Crippen LogP contribution is -2.51. The maximum Gasteiger partial charge on any atom is 0.416 e. The van der Waals surface area contributed by atoms with Crippen LogP contribution in [0.3, 0.4) is 0 Å². The van der Waals surface area contributed by atoms with Gasteiger partial charge in [-0.15, -0.1) is 11.3 Å². The van der Waals surface area contributed by atoms with E-state index >= 15 is 0 Å². The zero-order chi connectivity index (χ0) is 24.5. The molecule has 0 spiro atoms. The molecule has 0 radical (unpaired) electrons.